The fourth-order valence-corrected chi connectivity index (χ4v) is 2.62. The summed E-state index contributed by atoms with van der Waals surface area (Å²) in [6, 6.07) is 2.29. The summed E-state index contributed by atoms with van der Waals surface area (Å²) in [5.41, 5.74) is 1.45. The zero-order chi connectivity index (χ0) is 11.5. The van der Waals surface area contributed by atoms with Crippen molar-refractivity contribution < 1.29 is 0 Å². The second-order valence-electron chi connectivity index (χ2n) is 4.51. The summed E-state index contributed by atoms with van der Waals surface area (Å²) in [6.07, 6.45) is 2.17. The Balaban J connectivity index is 2.41. The van der Waals surface area contributed by atoms with Crippen molar-refractivity contribution in [2.45, 2.75) is 39.0 Å². The van der Waals surface area contributed by atoms with E-state index >= 15 is 0 Å². The van der Waals surface area contributed by atoms with Crippen LogP contribution in [0.4, 0.5) is 0 Å². The predicted octanol–water partition coefficient (Wildman–Crippen LogP) is 3.60. The maximum Gasteiger partial charge on any atom is 0.0225 e. The third-order valence-electron chi connectivity index (χ3n) is 2.56. The molecule has 1 aromatic heterocycles. The van der Waals surface area contributed by atoms with Crippen LogP contribution in [0.2, 0.25) is 0 Å². The second-order valence-corrected chi connectivity index (χ2v) is 7.48. The zero-order valence-electron chi connectivity index (χ0n) is 10.3. The van der Waals surface area contributed by atoms with Crippen molar-refractivity contribution in [1.29, 1.82) is 0 Å². The summed E-state index contributed by atoms with van der Waals surface area (Å²) < 4.78 is 0.332. The van der Waals surface area contributed by atoms with Crippen LogP contribution >= 0.6 is 23.1 Å². The molecular weight excluding hydrogens is 222 g/mol. The highest BCUT2D eigenvalue weighted by atomic mass is 32.2. The number of hydrogen-bond donors (Lipinski definition) is 1. The Hall–Kier alpha value is 0.01000. The molecule has 0 amide bonds. The molecule has 0 saturated carbocycles. The third-order valence-corrected chi connectivity index (χ3v) is 4.82. The third kappa shape index (κ3) is 4.17. The smallest absolute Gasteiger partial charge is 0.0225 e. The van der Waals surface area contributed by atoms with Crippen molar-refractivity contribution >= 4 is 23.1 Å². The summed E-state index contributed by atoms with van der Waals surface area (Å²) in [6.45, 7) is 11.0. The van der Waals surface area contributed by atoms with Gasteiger partial charge in [-0.2, -0.15) is 11.8 Å². The summed E-state index contributed by atoms with van der Waals surface area (Å²) in [5, 5.41) is 3.53. The Bertz CT molecular complexity index is 315. The largest absolute Gasteiger partial charge is 0.311 e. The van der Waals surface area contributed by atoms with E-state index in [2.05, 4.69) is 45.3 Å². The van der Waals surface area contributed by atoms with E-state index in [-0.39, 0.29) is 0 Å². The van der Waals surface area contributed by atoms with Crippen LogP contribution in [0.5, 0.6) is 0 Å². The van der Waals surface area contributed by atoms with Crippen LogP contribution in [0.1, 0.15) is 29.2 Å². The highest BCUT2D eigenvalue weighted by Crippen LogP contribution is 2.22. The van der Waals surface area contributed by atoms with E-state index < -0.39 is 0 Å². The van der Waals surface area contributed by atoms with E-state index in [1.807, 2.05) is 23.1 Å². The lowest BCUT2D eigenvalue weighted by molar-refractivity contribution is 0.590. The average molecular weight is 243 g/mol. The molecular formula is C12H21NS2. The fraction of sp³-hybridized carbons (Fsp3) is 0.667. The molecule has 1 aromatic rings. The van der Waals surface area contributed by atoms with Gasteiger partial charge in [0.2, 0.25) is 0 Å². The molecule has 0 aliphatic rings. The quantitative estimate of drug-likeness (QED) is 0.848. The molecule has 0 fully saturated rings. The molecule has 1 nitrogen and oxygen atoms in total. The first kappa shape index (κ1) is 13.1. The van der Waals surface area contributed by atoms with Gasteiger partial charge in [0, 0.05) is 27.6 Å². The van der Waals surface area contributed by atoms with Crippen LogP contribution in [-0.2, 0) is 6.54 Å². The lowest BCUT2D eigenvalue weighted by atomic mass is 10.2. The SMILES string of the molecule is CSC(C)(C)CNCc1cc(C)sc1C. The first-order valence-electron chi connectivity index (χ1n) is 5.26. The Morgan fingerprint density at radius 3 is 2.53 bits per heavy atom. The molecule has 0 radical (unpaired) electrons. The molecule has 0 spiro atoms. The van der Waals surface area contributed by atoms with E-state index in [9.17, 15) is 0 Å². The molecule has 1 heterocycles. The summed E-state index contributed by atoms with van der Waals surface area (Å²) in [5.74, 6) is 0. The second kappa shape index (κ2) is 5.37. The highest BCUT2D eigenvalue weighted by molar-refractivity contribution is 7.99. The minimum Gasteiger partial charge on any atom is -0.311 e. The number of hydrogen-bond acceptors (Lipinski definition) is 3. The van der Waals surface area contributed by atoms with Gasteiger partial charge in [0.1, 0.15) is 0 Å². The van der Waals surface area contributed by atoms with E-state index in [1.165, 1.54) is 15.3 Å². The van der Waals surface area contributed by atoms with Crippen molar-refractivity contribution in [3.8, 4) is 0 Å². The topological polar surface area (TPSA) is 12.0 Å². The molecule has 0 bridgehead atoms. The lowest BCUT2D eigenvalue weighted by Crippen LogP contribution is -2.31. The minimum atomic E-state index is 0.332. The number of aryl methyl sites for hydroxylation is 2. The first-order valence-corrected chi connectivity index (χ1v) is 7.30. The molecule has 0 saturated heterocycles. The van der Waals surface area contributed by atoms with Gasteiger partial charge >= 0.3 is 0 Å². The van der Waals surface area contributed by atoms with Crippen molar-refractivity contribution in [1.82, 2.24) is 5.32 Å². The van der Waals surface area contributed by atoms with E-state index in [4.69, 9.17) is 0 Å². The number of thioether (sulfide) groups is 1. The molecule has 1 rings (SSSR count). The van der Waals surface area contributed by atoms with Gasteiger partial charge in [-0.15, -0.1) is 11.3 Å². The van der Waals surface area contributed by atoms with Gasteiger partial charge in [-0.1, -0.05) is 0 Å². The molecule has 15 heavy (non-hydrogen) atoms. The van der Waals surface area contributed by atoms with Crippen LogP contribution in [0, 0.1) is 13.8 Å². The Morgan fingerprint density at radius 2 is 2.07 bits per heavy atom. The van der Waals surface area contributed by atoms with Gasteiger partial charge in [-0.3, -0.25) is 0 Å². The molecule has 0 atom stereocenters. The maximum absolute atomic E-state index is 3.53. The van der Waals surface area contributed by atoms with Gasteiger partial charge in [0.25, 0.3) is 0 Å². The molecule has 0 aliphatic carbocycles. The Kier molecular flexibility index (Phi) is 4.68. The Morgan fingerprint density at radius 1 is 1.40 bits per heavy atom. The number of nitrogens with one attached hydrogen (secondary N) is 1. The molecule has 0 unspecified atom stereocenters. The van der Waals surface area contributed by atoms with Crippen LogP contribution in [0.25, 0.3) is 0 Å². The van der Waals surface area contributed by atoms with Gasteiger partial charge in [0.15, 0.2) is 0 Å². The normalized spacial score (nSPS) is 12.1. The van der Waals surface area contributed by atoms with Gasteiger partial charge < -0.3 is 5.32 Å². The summed E-state index contributed by atoms with van der Waals surface area (Å²) in [4.78, 5) is 2.86. The molecule has 86 valence electrons. The van der Waals surface area contributed by atoms with E-state index in [1.54, 1.807) is 0 Å². The zero-order valence-corrected chi connectivity index (χ0v) is 11.9. The molecule has 1 N–H and O–H groups in total. The van der Waals surface area contributed by atoms with Crippen LogP contribution in [0.15, 0.2) is 6.07 Å². The Labute approximate surface area is 102 Å². The summed E-state index contributed by atoms with van der Waals surface area (Å²) in [7, 11) is 0. The average Bonchev–Trinajstić information content (AvgIpc) is 2.45. The number of thiophene rings is 1. The number of rotatable bonds is 5. The minimum absolute atomic E-state index is 0.332. The molecule has 3 heteroatoms. The van der Waals surface area contributed by atoms with E-state index in [0.717, 1.165) is 13.1 Å². The fourth-order valence-electron chi connectivity index (χ4n) is 1.43. The molecule has 0 aliphatic heterocycles. The van der Waals surface area contributed by atoms with Gasteiger partial charge in [-0.25, -0.2) is 0 Å². The maximum atomic E-state index is 3.53. The van der Waals surface area contributed by atoms with Crippen LogP contribution in [0.3, 0.4) is 0 Å². The van der Waals surface area contributed by atoms with Gasteiger partial charge in [0.05, 0.1) is 0 Å². The molecule has 0 aromatic carbocycles. The van der Waals surface area contributed by atoms with Crippen molar-refractivity contribution in [2.24, 2.45) is 0 Å². The standard InChI is InChI=1S/C12H21NS2/c1-9-6-11(10(2)15-9)7-13-8-12(3,4)14-5/h6,13H,7-8H2,1-5H3. The van der Waals surface area contributed by atoms with Gasteiger partial charge in [-0.05, 0) is 45.6 Å². The predicted molar refractivity (Wildman–Crippen MR) is 73.1 cm³/mol. The first-order chi connectivity index (χ1) is 6.94. The van der Waals surface area contributed by atoms with Crippen molar-refractivity contribution in [3.05, 3.63) is 21.4 Å². The van der Waals surface area contributed by atoms with Crippen molar-refractivity contribution in [3.63, 3.8) is 0 Å². The van der Waals surface area contributed by atoms with Crippen LogP contribution < -0.4 is 5.32 Å². The lowest BCUT2D eigenvalue weighted by Gasteiger charge is -2.22. The highest BCUT2D eigenvalue weighted by Gasteiger charge is 2.15. The summed E-state index contributed by atoms with van der Waals surface area (Å²) >= 11 is 3.80. The van der Waals surface area contributed by atoms with Crippen molar-refractivity contribution in [2.75, 3.05) is 12.8 Å². The van der Waals surface area contributed by atoms with Crippen LogP contribution in [-0.4, -0.2) is 17.5 Å². The van der Waals surface area contributed by atoms with E-state index in [0.29, 0.717) is 4.75 Å². The monoisotopic (exact) mass is 243 g/mol.